The van der Waals surface area contributed by atoms with Crippen LogP contribution in [0.1, 0.15) is 18.7 Å². The number of hydrogen-bond donors (Lipinski definition) is 1. The Kier molecular flexibility index (Phi) is 5.76. The maximum absolute atomic E-state index is 13.5. The number of benzene rings is 1. The number of likely N-dealkylation sites (N-methyl/N-ethyl adjacent to an activating group) is 1. The first-order chi connectivity index (χ1) is 11.0. The van der Waals surface area contributed by atoms with Gasteiger partial charge < -0.3 is 14.5 Å². The van der Waals surface area contributed by atoms with Crippen molar-refractivity contribution in [2.45, 2.75) is 19.1 Å². The zero-order valence-electron chi connectivity index (χ0n) is 13.5. The summed E-state index contributed by atoms with van der Waals surface area (Å²) in [6.07, 6.45) is 0.795. The molecule has 2 rings (SSSR count). The molecule has 1 aromatic carbocycles. The Morgan fingerprint density at radius 3 is 2.65 bits per heavy atom. The largest absolute Gasteiger partial charge is 0.478 e. The van der Waals surface area contributed by atoms with Crippen LogP contribution in [-0.4, -0.2) is 37.6 Å². The van der Waals surface area contributed by atoms with E-state index in [0.29, 0.717) is 6.54 Å². The average molecular weight is 320 g/mol. The van der Waals surface area contributed by atoms with Crippen molar-refractivity contribution in [3.8, 4) is 5.75 Å². The van der Waals surface area contributed by atoms with Gasteiger partial charge in [0, 0.05) is 6.54 Å². The van der Waals surface area contributed by atoms with Crippen molar-refractivity contribution in [2.24, 2.45) is 0 Å². The van der Waals surface area contributed by atoms with Crippen molar-refractivity contribution >= 4 is 5.91 Å². The highest BCUT2D eigenvalue weighted by molar-refractivity contribution is 5.80. The second-order valence-electron chi connectivity index (χ2n) is 5.43. The van der Waals surface area contributed by atoms with Crippen molar-refractivity contribution in [3.63, 3.8) is 0 Å². The average Bonchev–Trinajstić information content (AvgIpc) is 3.03. The highest BCUT2D eigenvalue weighted by Crippen LogP contribution is 2.19. The van der Waals surface area contributed by atoms with Gasteiger partial charge in [0.15, 0.2) is 17.7 Å². The van der Waals surface area contributed by atoms with Gasteiger partial charge in [0.05, 0.1) is 12.3 Å². The molecule has 2 atom stereocenters. The topological polar surface area (TPSA) is 54.7 Å². The molecule has 0 bridgehead atoms. The van der Waals surface area contributed by atoms with Crippen LogP contribution < -0.4 is 10.1 Å². The first-order valence-electron chi connectivity index (χ1n) is 7.37. The Morgan fingerprint density at radius 2 is 2.04 bits per heavy atom. The van der Waals surface area contributed by atoms with Crippen LogP contribution in [0, 0.1) is 5.82 Å². The minimum atomic E-state index is -0.800. The number of furan rings is 1. The number of halogens is 1. The number of ether oxygens (including phenoxy) is 1. The van der Waals surface area contributed by atoms with Crippen LogP contribution >= 0.6 is 0 Å². The molecule has 0 spiro atoms. The summed E-state index contributed by atoms with van der Waals surface area (Å²) in [4.78, 5) is 14.1. The number of rotatable bonds is 7. The third kappa shape index (κ3) is 4.56. The highest BCUT2D eigenvalue weighted by Gasteiger charge is 2.21. The van der Waals surface area contributed by atoms with E-state index in [4.69, 9.17) is 9.15 Å². The van der Waals surface area contributed by atoms with Gasteiger partial charge in [0.2, 0.25) is 0 Å². The van der Waals surface area contributed by atoms with Crippen LogP contribution in [0.2, 0.25) is 0 Å². The second kappa shape index (κ2) is 7.78. The molecule has 1 aromatic heterocycles. The number of carbonyl (C=O) groups is 1. The third-order valence-electron chi connectivity index (χ3n) is 3.47. The molecule has 0 radical (unpaired) electrons. The summed E-state index contributed by atoms with van der Waals surface area (Å²) in [6.45, 7) is 1.95. The maximum atomic E-state index is 13.5. The van der Waals surface area contributed by atoms with Gasteiger partial charge in [0.25, 0.3) is 5.91 Å². The summed E-state index contributed by atoms with van der Waals surface area (Å²) in [6, 6.07) is 9.58. The van der Waals surface area contributed by atoms with Crippen molar-refractivity contribution in [1.82, 2.24) is 10.2 Å². The molecule has 23 heavy (non-hydrogen) atoms. The van der Waals surface area contributed by atoms with Crippen molar-refractivity contribution < 1.29 is 18.3 Å². The Bertz CT molecular complexity index is 629. The minimum absolute atomic E-state index is 0.0605. The van der Waals surface area contributed by atoms with E-state index in [9.17, 15) is 9.18 Å². The van der Waals surface area contributed by atoms with Gasteiger partial charge in [-0.2, -0.15) is 0 Å². The summed E-state index contributed by atoms with van der Waals surface area (Å²) in [5.41, 5.74) is 0. The molecule has 0 saturated heterocycles. The Morgan fingerprint density at radius 1 is 1.30 bits per heavy atom. The molecular weight excluding hydrogens is 299 g/mol. The summed E-state index contributed by atoms with van der Waals surface area (Å²) in [5, 5.41) is 2.80. The molecule has 0 aliphatic rings. The van der Waals surface area contributed by atoms with Crippen molar-refractivity contribution in [1.29, 1.82) is 0 Å². The van der Waals surface area contributed by atoms with E-state index < -0.39 is 11.9 Å². The van der Waals surface area contributed by atoms with Gasteiger partial charge in [0.1, 0.15) is 5.76 Å². The molecule has 2 aromatic rings. The summed E-state index contributed by atoms with van der Waals surface area (Å²) >= 11 is 0. The fraction of sp³-hybridized carbons (Fsp3) is 0.353. The first kappa shape index (κ1) is 17.0. The lowest BCUT2D eigenvalue weighted by Gasteiger charge is -2.23. The molecule has 6 heteroatoms. The zero-order valence-corrected chi connectivity index (χ0v) is 13.5. The number of nitrogens with zero attached hydrogens (tertiary/aromatic N) is 1. The third-order valence-corrected chi connectivity index (χ3v) is 3.47. The minimum Gasteiger partial charge on any atom is -0.478 e. The molecule has 0 saturated carbocycles. The molecule has 1 heterocycles. The van der Waals surface area contributed by atoms with Gasteiger partial charge in [-0.25, -0.2) is 4.39 Å². The van der Waals surface area contributed by atoms with Crippen LogP contribution in [0.15, 0.2) is 47.1 Å². The lowest BCUT2D eigenvalue weighted by molar-refractivity contribution is -0.127. The van der Waals surface area contributed by atoms with E-state index in [1.165, 1.54) is 12.1 Å². The number of carbonyl (C=O) groups excluding carboxylic acids is 1. The van der Waals surface area contributed by atoms with Gasteiger partial charge in [-0.05, 0) is 45.3 Å². The van der Waals surface area contributed by atoms with E-state index in [-0.39, 0.29) is 17.7 Å². The van der Waals surface area contributed by atoms with Crippen LogP contribution in [0.5, 0.6) is 5.75 Å². The molecule has 5 nitrogen and oxygen atoms in total. The van der Waals surface area contributed by atoms with E-state index >= 15 is 0 Å². The molecule has 0 unspecified atom stereocenters. The maximum Gasteiger partial charge on any atom is 0.260 e. The predicted molar refractivity (Wildman–Crippen MR) is 84.6 cm³/mol. The highest BCUT2D eigenvalue weighted by atomic mass is 19.1. The summed E-state index contributed by atoms with van der Waals surface area (Å²) in [5.74, 6) is 0.0175. The number of nitrogens with one attached hydrogen (secondary N) is 1. The SMILES string of the molecule is C[C@@H](Oc1ccccc1F)C(=O)NC[C@@H](c1ccco1)N(C)C. The van der Waals surface area contributed by atoms with Crippen LogP contribution in [0.4, 0.5) is 4.39 Å². The molecule has 0 aliphatic heterocycles. The predicted octanol–water partition coefficient (Wildman–Crippen LogP) is 2.61. The Labute approximate surface area is 135 Å². The van der Waals surface area contributed by atoms with Gasteiger partial charge in [-0.1, -0.05) is 12.1 Å². The van der Waals surface area contributed by atoms with Crippen LogP contribution in [0.25, 0.3) is 0 Å². The van der Waals surface area contributed by atoms with E-state index in [1.807, 2.05) is 25.1 Å². The lowest BCUT2D eigenvalue weighted by Crippen LogP contribution is -2.41. The van der Waals surface area contributed by atoms with Crippen LogP contribution in [-0.2, 0) is 4.79 Å². The fourth-order valence-corrected chi connectivity index (χ4v) is 2.14. The molecule has 0 fully saturated rings. The number of amides is 1. The van der Waals surface area contributed by atoms with Gasteiger partial charge in [-0.15, -0.1) is 0 Å². The van der Waals surface area contributed by atoms with Crippen molar-refractivity contribution in [3.05, 3.63) is 54.2 Å². The van der Waals surface area contributed by atoms with Crippen molar-refractivity contribution in [2.75, 3.05) is 20.6 Å². The van der Waals surface area contributed by atoms with Gasteiger partial charge >= 0.3 is 0 Å². The van der Waals surface area contributed by atoms with E-state index in [1.54, 1.807) is 31.4 Å². The molecule has 124 valence electrons. The first-order valence-corrected chi connectivity index (χ1v) is 7.37. The molecular formula is C17H21FN2O3. The smallest absolute Gasteiger partial charge is 0.260 e. The molecule has 0 aliphatic carbocycles. The van der Waals surface area contributed by atoms with Gasteiger partial charge in [-0.3, -0.25) is 9.69 Å². The fourth-order valence-electron chi connectivity index (χ4n) is 2.14. The van der Waals surface area contributed by atoms with Crippen LogP contribution in [0.3, 0.4) is 0 Å². The zero-order chi connectivity index (χ0) is 16.8. The number of hydrogen-bond acceptors (Lipinski definition) is 4. The monoisotopic (exact) mass is 320 g/mol. The molecule has 1 N–H and O–H groups in total. The number of para-hydroxylation sites is 1. The summed E-state index contributed by atoms with van der Waals surface area (Å²) < 4.78 is 24.3. The normalized spacial score (nSPS) is 13.6. The van der Waals surface area contributed by atoms with E-state index in [2.05, 4.69) is 5.32 Å². The Hall–Kier alpha value is -2.34. The standard InChI is InChI=1S/C17H21FN2O3/c1-12(23-15-8-5-4-7-13(15)18)17(21)19-11-14(20(2)3)16-9-6-10-22-16/h4-10,12,14H,11H2,1-3H3,(H,19,21)/t12-,14+/m1/s1. The molecule has 1 amide bonds. The Balaban J connectivity index is 1.92. The summed E-state index contributed by atoms with van der Waals surface area (Å²) in [7, 11) is 3.80. The lowest BCUT2D eigenvalue weighted by atomic mass is 10.2. The van der Waals surface area contributed by atoms with E-state index in [0.717, 1.165) is 5.76 Å². The second-order valence-corrected chi connectivity index (χ2v) is 5.43. The quantitative estimate of drug-likeness (QED) is 0.852.